The molecule has 3 heteroatoms. The van der Waals surface area contributed by atoms with E-state index in [1.54, 1.807) is 0 Å². The van der Waals surface area contributed by atoms with Crippen LogP contribution in [-0.4, -0.2) is 71.6 Å². The smallest absolute Gasteiger partial charge is 0.0159 e. The topological polar surface area (TPSA) is 9.72 Å². The first-order valence-electron chi connectivity index (χ1n) is 11.8. The molecule has 0 saturated carbocycles. The lowest BCUT2D eigenvalue weighted by atomic mass is 9.67. The van der Waals surface area contributed by atoms with Gasteiger partial charge < -0.3 is 4.90 Å². The van der Waals surface area contributed by atoms with Crippen LogP contribution in [0.15, 0.2) is 0 Å². The summed E-state index contributed by atoms with van der Waals surface area (Å²) in [6.45, 7) is 30.9. The zero-order valence-corrected chi connectivity index (χ0v) is 20.4. The molecule has 2 saturated heterocycles. The number of nitrogens with zero attached hydrogens (tertiary/aromatic N) is 3. The molecule has 2 heterocycles. The number of hydrogen-bond acceptors (Lipinski definition) is 3. The molecule has 0 unspecified atom stereocenters. The largest absolute Gasteiger partial charge is 0.301 e. The van der Waals surface area contributed by atoms with Crippen molar-refractivity contribution in [1.29, 1.82) is 0 Å². The molecule has 2 aliphatic rings. The van der Waals surface area contributed by atoms with E-state index in [9.17, 15) is 0 Å². The Labute approximate surface area is 171 Å². The molecule has 0 atom stereocenters. The molecule has 2 fully saturated rings. The highest BCUT2D eigenvalue weighted by Gasteiger charge is 2.40. The summed E-state index contributed by atoms with van der Waals surface area (Å²) < 4.78 is 0. The van der Waals surface area contributed by atoms with Crippen molar-refractivity contribution < 1.29 is 0 Å². The van der Waals surface area contributed by atoms with E-state index in [1.165, 1.54) is 58.5 Å². The van der Waals surface area contributed by atoms with Crippen LogP contribution in [-0.2, 0) is 0 Å². The molecule has 162 valence electrons. The maximum atomic E-state index is 2.76. The lowest BCUT2D eigenvalue weighted by molar-refractivity contribution is -0.00692. The second-order valence-electron chi connectivity index (χ2n) is 10.5. The maximum absolute atomic E-state index is 2.76. The molecule has 0 aromatic heterocycles. The zero-order chi connectivity index (χ0) is 20.8. The van der Waals surface area contributed by atoms with Crippen molar-refractivity contribution in [1.82, 2.24) is 14.7 Å². The maximum Gasteiger partial charge on any atom is 0.0159 e. The minimum absolute atomic E-state index is 0.307. The molecule has 3 nitrogen and oxygen atoms in total. The predicted molar refractivity (Wildman–Crippen MR) is 122 cm³/mol. The Morgan fingerprint density at radius 3 is 1.52 bits per heavy atom. The summed E-state index contributed by atoms with van der Waals surface area (Å²) in [6.07, 6.45) is 4.07. The third-order valence-corrected chi connectivity index (χ3v) is 7.15. The first-order valence-corrected chi connectivity index (χ1v) is 11.8. The fourth-order valence-electron chi connectivity index (χ4n) is 5.41. The van der Waals surface area contributed by atoms with E-state index < -0.39 is 0 Å². The van der Waals surface area contributed by atoms with E-state index in [-0.39, 0.29) is 0 Å². The van der Waals surface area contributed by atoms with Gasteiger partial charge in [0, 0.05) is 43.8 Å². The van der Waals surface area contributed by atoms with Gasteiger partial charge in [0.1, 0.15) is 0 Å². The highest BCUT2D eigenvalue weighted by atomic mass is 15.3. The zero-order valence-electron chi connectivity index (χ0n) is 20.4. The van der Waals surface area contributed by atoms with Gasteiger partial charge in [0.25, 0.3) is 0 Å². The fourth-order valence-corrected chi connectivity index (χ4v) is 5.41. The Balaban J connectivity index is 0.00000176. The van der Waals surface area contributed by atoms with E-state index >= 15 is 0 Å². The first kappa shape index (κ1) is 24.9. The molecule has 0 aliphatic carbocycles. The number of hydrogen-bond donors (Lipinski definition) is 0. The average Bonchev–Trinajstić information content (AvgIpc) is 2.62. The third-order valence-electron chi connectivity index (χ3n) is 7.15. The lowest BCUT2D eigenvalue weighted by Gasteiger charge is -2.50. The van der Waals surface area contributed by atoms with E-state index in [0.717, 1.165) is 5.92 Å². The summed E-state index contributed by atoms with van der Waals surface area (Å²) in [7, 11) is 0. The highest BCUT2D eigenvalue weighted by Crippen LogP contribution is 2.42. The van der Waals surface area contributed by atoms with E-state index in [4.69, 9.17) is 0 Å². The Morgan fingerprint density at radius 2 is 1.11 bits per heavy atom. The molecule has 27 heavy (non-hydrogen) atoms. The van der Waals surface area contributed by atoms with Crippen LogP contribution >= 0.6 is 0 Å². The molecule has 0 amide bonds. The van der Waals surface area contributed by atoms with Gasteiger partial charge in [-0.3, -0.25) is 9.80 Å². The van der Waals surface area contributed by atoms with Crippen LogP contribution in [0.5, 0.6) is 0 Å². The van der Waals surface area contributed by atoms with Crippen LogP contribution < -0.4 is 0 Å². The SMILES string of the molecule is CC.CC(C)N1CCC(C(C)(C)CC(C)(C)N2CCN(C(C)C)CC2)CC1. The standard InChI is InChI=1S/C22H45N3.C2H6/c1-18(2)23-11-9-20(10-12-23)21(5,6)17-22(7,8)25-15-13-24(14-16-25)19(3)4;1-2/h18-20H,9-17H2,1-8H3;1-2H3. The van der Waals surface area contributed by atoms with Gasteiger partial charge in [-0.05, 0) is 85.2 Å². The van der Waals surface area contributed by atoms with Crippen LogP contribution in [0.4, 0.5) is 0 Å². The van der Waals surface area contributed by atoms with Crippen molar-refractivity contribution in [2.75, 3.05) is 39.3 Å². The molecule has 2 aliphatic heterocycles. The minimum atomic E-state index is 0.307. The Morgan fingerprint density at radius 1 is 0.704 bits per heavy atom. The summed E-state index contributed by atoms with van der Waals surface area (Å²) in [5.41, 5.74) is 0.740. The van der Waals surface area contributed by atoms with Crippen molar-refractivity contribution in [3.63, 3.8) is 0 Å². The van der Waals surface area contributed by atoms with Gasteiger partial charge >= 0.3 is 0 Å². The molecule has 0 bridgehead atoms. The van der Waals surface area contributed by atoms with Crippen molar-refractivity contribution in [3.05, 3.63) is 0 Å². The number of likely N-dealkylation sites (tertiary alicyclic amines) is 1. The highest BCUT2D eigenvalue weighted by molar-refractivity contribution is 4.94. The second-order valence-corrected chi connectivity index (χ2v) is 10.5. The van der Waals surface area contributed by atoms with Crippen molar-refractivity contribution in [2.24, 2.45) is 11.3 Å². The summed E-state index contributed by atoms with van der Waals surface area (Å²) in [5.74, 6) is 0.874. The van der Waals surface area contributed by atoms with Gasteiger partial charge in [0.15, 0.2) is 0 Å². The van der Waals surface area contributed by atoms with Crippen LogP contribution in [0.3, 0.4) is 0 Å². The van der Waals surface area contributed by atoms with Crippen LogP contribution in [0.2, 0.25) is 0 Å². The Bertz CT molecular complexity index is 360. The van der Waals surface area contributed by atoms with Crippen molar-refractivity contribution in [3.8, 4) is 0 Å². The summed E-state index contributed by atoms with van der Waals surface area (Å²) in [6, 6.07) is 1.39. The second kappa shape index (κ2) is 10.6. The number of piperidine rings is 1. The van der Waals surface area contributed by atoms with Gasteiger partial charge in [-0.15, -0.1) is 0 Å². The van der Waals surface area contributed by atoms with Gasteiger partial charge in [0.2, 0.25) is 0 Å². The quantitative estimate of drug-likeness (QED) is 0.614. The third kappa shape index (κ3) is 7.01. The first-order chi connectivity index (χ1) is 12.5. The Hall–Kier alpha value is -0.120. The van der Waals surface area contributed by atoms with Gasteiger partial charge in [-0.25, -0.2) is 0 Å². The van der Waals surface area contributed by atoms with Gasteiger partial charge in [-0.2, -0.15) is 0 Å². The summed E-state index contributed by atoms with van der Waals surface area (Å²) in [4.78, 5) is 8.04. The normalized spacial score (nSPS) is 22.2. The number of rotatable bonds is 6. The molecule has 0 N–H and O–H groups in total. The fraction of sp³-hybridized carbons (Fsp3) is 1.00. The minimum Gasteiger partial charge on any atom is -0.301 e. The molecule has 0 radical (unpaired) electrons. The van der Waals surface area contributed by atoms with E-state index in [2.05, 4.69) is 70.1 Å². The number of piperazine rings is 1. The van der Waals surface area contributed by atoms with Crippen molar-refractivity contribution >= 4 is 0 Å². The molecule has 0 aromatic carbocycles. The lowest BCUT2D eigenvalue weighted by Crippen LogP contribution is -2.57. The Kier molecular flexibility index (Phi) is 9.78. The monoisotopic (exact) mass is 381 g/mol. The summed E-state index contributed by atoms with van der Waals surface area (Å²) >= 11 is 0. The van der Waals surface area contributed by atoms with Gasteiger partial charge in [-0.1, -0.05) is 27.7 Å². The molecule has 0 spiro atoms. The predicted octanol–water partition coefficient (Wildman–Crippen LogP) is 5.35. The van der Waals surface area contributed by atoms with Crippen LogP contribution in [0, 0.1) is 11.3 Å². The molecule has 2 rings (SSSR count). The molecular formula is C24H51N3. The van der Waals surface area contributed by atoms with Gasteiger partial charge in [0.05, 0.1) is 0 Å². The molecule has 0 aromatic rings. The van der Waals surface area contributed by atoms with Crippen LogP contribution in [0.25, 0.3) is 0 Å². The van der Waals surface area contributed by atoms with E-state index in [1.807, 2.05) is 13.8 Å². The average molecular weight is 382 g/mol. The van der Waals surface area contributed by atoms with Crippen LogP contribution in [0.1, 0.15) is 88.5 Å². The van der Waals surface area contributed by atoms with Crippen molar-refractivity contribution in [2.45, 2.75) is 106 Å². The summed E-state index contributed by atoms with van der Waals surface area (Å²) in [5, 5.41) is 0. The van der Waals surface area contributed by atoms with E-state index in [0.29, 0.717) is 23.0 Å². The molecular weight excluding hydrogens is 330 g/mol.